The van der Waals surface area contributed by atoms with Crippen LogP contribution in [0.3, 0.4) is 0 Å². The highest BCUT2D eigenvalue weighted by atomic mass is 32.2. The van der Waals surface area contributed by atoms with Gasteiger partial charge < -0.3 is 20.1 Å². The minimum absolute atomic E-state index is 0.211. The molecule has 0 bridgehead atoms. The number of aromatic nitrogens is 2. The predicted molar refractivity (Wildman–Crippen MR) is 199 cm³/mol. The lowest BCUT2D eigenvalue weighted by atomic mass is 9.97. The van der Waals surface area contributed by atoms with Crippen molar-refractivity contribution < 1.29 is 41.4 Å². The third-order valence-corrected chi connectivity index (χ3v) is 11.1. The number of aliphatic carboxylic acids is 1. The Morgan fingerprint density at radius 1 is 0.945 bits per heavy atom. The van der Waals surface area contributed by atoms with E-state index < -0.39 is 50.8 Å². The van der Waals surface area contributed by atoms with E-state index >= 15 is 8.78 Å². The molecular formula is C39H38F2N6O7S. The van der Waals surface area contributed by atoms with Gasteiger partial charge in [0.15, 0.2) is 0 Å². The Morgan fingerprint density at radius 3 is 2.18 bits per heavy atom. The second-order valence-corrected chi connectivity index (χ2v) is 14.9. The number of halogens is 2. The van der Waals surface area contributed by atoms with Gasteiger partial charge in [0.2, 0.25) is 0 Å². The van der Waals surface area contributed by atoms with Gasteiger partial charge in [0.25, 0.3) is 21.8 Å². The smallest absolute Gasteiger partial charge is 0.326 e. The molecule has 1 aromatic heterocycles. The SMILES string of the molecule is C=C1N(C)C(=O)C(c2ccc(C[C@H](NC(=O)c3cc(F)c(NS(=O)(=O)c4ccc(-c5cnc(C6CCOCC6)nc5)cc4)cc3F)C(=O)O)cc2)=C(C)N1C. The molecule has 0 saturated carbocycles. The Morgan fingerprint density at radius 2 is 1.56 bits per heavy atom. The van der Waals surface area contributed by atoms with E-state index in [-0.39, 0.29) is 23.1 Å². The second-order valence-electron chi connectivity index (χ2n) is 13.2. The average molecular weight is 773 g/mol. The largest absolute Gasteiger partial charge is 0.480 e. The lowest BCUT2D eigenvalue weighted by Crippen LogP contribution is -2.42. The normalized spacial score (nSPS) is 15.9. The van der Waals surface area contributed by atoms with Crippen LogP contribution in [-0.2, 0) is 30.8 Å². The van der Waals surface area contributed by atoms with Crippen molar-refractivity contribution in [3.63, 3.8) is 0 Å². The summed E-state index contributed by atoms with van der Waals surface area (Å²) < 4.78 is 64.1. The van der Waals surface area contributed by atoms with Crippen molar-refractivity contribution in [2.45, 2.75) is 43.0 Å². The second kappa shape index (κ2) is 15.8. The molecule has 13 nitrogen and oxygen atoms in total. The Bertz CT molecular complexity index is 2290. The molecule has 2 amide bonds. The van der Waals surface area contributed by atoms with Gasteiger partial charge in [0.05, 0.1) is 21.7 Å². The summed E-state index contributed by atoms with van der Waals surface area (Å²) in [7, 11) is -1.02. The number of hydrogen-bond donors (Lipinski definition) is 3. The van der Waals surface area contributed by atoms with E-state index in [0.29, 0.717) is 70.5 Å². The Labute approximate surface area is 316 Å². The zero-order chi connectivity index (χ0) is 39.6. The molecule has 3 heterocycles. The predicted octanol–water partition coefficient (Wildman–Crippen LogP) is 5.15. The first-order chi connectivity index (χ1) is 26.1. The van der Waals surface area contributed by atoms with Gasteiger partial charge in [-0.25, -0.2) is 32.0 Å². The van der Waals surface area contributed by atoms with E-state index in [1.807, 2.05) is 4.72 Å². The number of rotatable bonds is 11. The number of anilines is 1. The van der Waals surface area contributed by atoms with Gasteiger partial charge >= 0.3 is 5.97 Å². The molecule has 4 aromatic rings. The van der Waals surface area contributed by atoms with Crippen molar-refractivity contribution in [1.82, 2.24) is 25.1 Å². The number of carbonyl (C=O) groups is 3. The van der Waals surface area contributed by atoms with Gasteiger partial charge in [0, 0.05) is 69.4 Å². The standard InChI is InChI=1S/C39H38F2N6O7S/c1-22-35(38(49)47(4)23(2)46(22)3)26-7-5-24(6-8-26)17-34(39(50)51)44-37(48)30-18-32(41)33(19-31(30)40)45-55(52,53)29-11-9-25(10-12-29)28-20-42-36(43-21-28)27-13-15-54-16-14-27/h5-12,18-21,27,34,45H,2,13-17H2,1,3-4H3,(H,44,48)(H,50,51)/t34-/m0/s1. The third kappa shape index (κ3) is 8.24. The van der Waals surface area contributed by atoms with E-state index in [4.69, 9.17) is 4.74 Å². The fraction of sp³-hybridized carbons (Fsp3) is 0.256. The first kappa shape index (κ1) is 38.7. The summed E-state index contributed by atoms with van der Waals surface area (Å²) in [6.07, 6.45) is 4.75. The van der Waals surface area contributed by atoms with E-state index in [0.717, 1.165) is 12.8 Å². The van der Waals surface area contributed by atoms with Crippen LogP contribution < -0.4 is 10.0 Å². The summed E-state index contributed by atoms with van der Waals surface area (Å²) in [5.41, 5.74) is 1.89. The van der Waals surface area contributed by atoms with Crippen LogP contribution in [0.25, 0.3) is 16.7 Å². The Balaban J connectivity index is 1.11. The molecule has 0 unspecified atom stereocenters. The van der Waals surface area contributed by atoms with Gasteiger partial charge in [-0.2, -0.15) is 0 Å². The summed E-state index contributed by atoms with van der Waals surface area (Å²) in [4.78, 5) is 50.0. The summed E-state index contributed by atoms with van der Waals surface area (Å²) >= 11 is 0. The van der Waals surface area contributed by atoms with Crippen LogP contribution in [-0.4, -0.2) is 84.4 Å². The molecule has 2 aliphatic rings. The number of sulfonamides is 1. The van der Waals surface area contributed by atoms with Gasteiger partial charge in [-0.3, -0.25) is 19.2 Å². The number of allylic oxidation sites excluding steroid dienone is 1. The zero-order valence-corrected chi connectivity index (χ0v) is 31.0. The molecular weight excluding hydrogens is 735 g/mol. The molecule has 0 aliphatic carbocycles. The number of amides is 2. The quantitative estimate of drug-likeness (QED) is 0.185. The maximum Gasteiger partial charge on any atom is 0.326 e. The molecule has 1 fully saturated rings. The first-order valence-corrected chi connectivity index (χ1v) is 18.7. The maximum absolute atomic E-state index is 15.2. The minimum atomic E-state index is -4.40. The minimum Gasteiger partial charge on any atom is -0.480 e. The number of nitrogens with one attached hydrogen (secondary N) is 2. The molecule has 6 rings (SSSR count). The summed E-state index contributed by atoms with van der Waals surface area (Å²) in [6.45, 7) is 6.99. The molecule has 0 spiro atoms. The van der Waals surface area contributed by atoms with Crippen molar-refractivity contribution in [2.75, 3.05) is 32.0 Å². The highest BCUT2D eigenvalue weighted by Crippen LogP contribution is 2.31. The summed E-state index contributed by atoms with van der Waals surface area (Å²) in [5.74, 6) is -4.04. The Kier molecular flexibility index (Phi) is 11.1. The summed E-state index contributed by atoms with van der Waals surface area (Å²) in [6, 6.07) is 11.6. The van der Waals surface area contributed by atoms with E-state index in [9.17, 15) is 27.9 Å². The van der Waals surface area contributed by atoms with Crippen LogP contribution in [0.2, 0.25) is 0 Å². The zero-order valence-electron chi connectivity index (χ0n) is 30.2. The molecule has 1 atom stereocenters. The van der Waals surface area contributed by atoms with Gasteiger partial charge in [-0.15, -0.1) is 0 Å². The maximum atomic E-state index is 15.2. The van der Waals surface area contributed by atoms with Gasteiger partial charge in [-0.05, 0) is 54.7 Å². The van der Waals surface area contributed by atoms with E-state index in [2.05, 4.69) is 21.9 Å². The van der Waals surface area contributed by atoms with Crippen molar-refractivity contribution >= 4 is 39.1 Å². The third-order valence-electron chi connectivity index (χ3n) is 9.75. The van der Waals surface area contributed by atoms with Crippen LogP contribution >= 0.6 is 0 Å². The number of carboxylic acid groups (broad SMARTS) is 1. The van der Waals surface area contributed by atoms with Gasteiger partial charge in [-0.1, -0.05) is 43.0 Å². The topological polar surface area (TPSA) is 171 Å². The highest BCUT2D eigenvalue weighted by Gasteiger charge is 2.30. The molecule has 286 valence electrons. The van der Waals surface area contributed by atoms with E-state index in [1.54, 1.807) is 62.6 Å². The first-order valence-electron chi connectivity index (χ1n) is 17.2. The molecule has 0 radical (unpaired) electrons. The van der Waals surface area contributed by atoms with Crippen LogP contribution in [0.5, 0.6) is 0 Å². The number of benzene rings is 3. The molecule has 3 N–H and O–H groups in total. The molecule has 1 saturated heterocycles. The van der Waals surface area contributed by atoms with Crippen LogP contribution in [0, 0.1) is 11.6 Å². The summed E-state index contributed by atoms with van der Waals surface area (Å²) in [5, 5.41) is 12.1. The van der Waals surface area contributed by atoms with Gasteiger partial charge in [0.1, 0.15) is 29.3 Å². The number of carbonyl (C=O) groups excluding carboxylic acids is 2. The van der Waals surface area contributed by atoms with Crippen molar-refractivity contribution in [2.24, 2.45) is 0 Å². The fourth-order valence-corrected chi connectivity index (χ4v) is 7.38. The molecule has 16 heteroatoms. The molecule has 3 aromatic carbocycles. The average Bonchev–Trinajstić information content (AvgIpc) is 3.18. The van der Waals surface area contributed by atoms with Crippen molar-refractivity contribution in [3.8, 4) is 11.1 Å². The van der Waals surface area contributed by atoms with Crippen molar-refractivity contribution in [3.05, 3.63) is 125 Å². The molecule has 2 aliphatic heterocycles. The highest BCUT2D eigenvalue weighted by molar-refractivity contribution is 7.92. The number of likely N-dealkylation sites (N-methyl/N-ethyl adjacent to an activating group) is 1. The van der Waals surface area contributed by atoms with Crippen LogP contribution in [0.4, 0.5) is 14.5 Å². The van der Waals surface area contributed by atoms with Crippen LogP contribution in [0.1, 0.15) is 53.0 Å². The van der Waals surface area contributed by atoms with E-state index in [1.165, 1.54) is 29.2 Å². The fourth-order valence-electron chi connectivity index (χ4n) is 6.32. The number of hydrogen-bond acceptors (Lipinski definition) is 9. The van der Waals surface area contributed by atoms with Crippen LogP contribution in [0.15, 0.2) is 96.0 Å². The Hall–Kier alpha value is -6.00. The molecule has 55 heavy (non-hydrogen) atoms. The lowest BCUT2D eigenvalue weighted by molar-refractivity contribution is -0.139. The number of ether oxygens (including phenoxy) is 1. The lowest BCUT2D eigenvalue weighted by Gasteiger charge is -2.36. The monoisotopic (exact) mass is 772 g/mol. The van der Waals surface area contributed by atoms with Crippen molar-refractivity contribution in [1.29, 1.82) is 0 Å². The number of nitrogens with zero attached hydrogens (tertiary/aromatic N) is 4. The number of carboxylic acids is 1.